The first-order chi connectivity index (χ1) is 11.8. The number of hydrogen-bond donors (Lipinski definition) is 2. The smallest absolute Gasteiger partial charge is 0.318 e. The Balaban J connectivity index is 1.97. The number of imidazole rings is 1. The lowest BCUT2D eigenvalue weighted by atomic mass is 10.2. The van der Waals surface area contributed by atoms with Crippen LogP contribution in [0.1, 0.15) is 24.7 Å². The SMILES string of the molecule is CCCN(Cc1nccn1C)C(=O)NCc1ccc(S(N)(=O)=O)cc1. The van der Waals surface area contributed by atoms with Gasteiger partial charge in [0.2, 0.25) is 10.0 Å². The van der Waals surface area contributed by atoms with Crippen LogP contribution in [-0.4, -0.2) is 35.4 Å². The van der Waals surface area contributed by atoms with Gasteiger partial charge in [-0.15, -0.1) is 0 Å². The summed E-state index contributed by atoms with van der Waals surface area (Å²) in [6.07, 6.45) is 4.37. The number of nitrogens with zero attached hydrogens (tertiary/aromatic N) is 3. The lowest BCUT2D eigenvalue weighted by molar-refractivity contribution is 0.192. The third-order valence-corrected chi connectivity index (χ3v) is 4.66. The normalized spacial score (nSPS) is 11.3. The van der Waals surface area contributed by atoms with Gasteiger partial charge in [-0.1, -0.05) is 19.1 Å². The van der Waals surface area contributed by atoms with Gasteiger partial charge >= 0.3 is 6.03 Å². The highest BCUT2D eigenvalue weighted by atomic mass is 32.2. The van der Waals surface area contributed by atoms with Crippen LogP contribution in [0.4, 0.5) is 4.79 Å². The van der Waals surface area contributed by atoms with Crippen LogP contribution in [0.2, 0.25) is 0 Å². The maximum absolute atomic E-state index is 12.4. The molecule has 1 heterocycles. The van der Waals surface area contributed by atoms with Crippen molar-refractivity contribution in [3.05, 3.63) is 48.0 Å². The lowest BCUT2D eigenvalue weighted by Gasteiger charge is -2.22. The molecule has 9 heteroatoms. The van der Waals surface area contributed by atoms with Gasteiger partial charge in [0, 0.05) is 32.5 Å². The van der Waals surface area contributed by atoms with Crippen LogP contribution in [0.15, 0.2) is 41.6 Å². The molecule has 0 radical (unpaired) electrons. The number of amides is 2. The fourth-order valence-corrected chi connectivity index (χ4v) is 2.84. The topological polar surface area (TPSA) is 110 Å². The average Bonchev–Trinajstić information content (AvgIpc) is 2.97. The molecule has 0 saturated carbocycles. The zero-order chi connectivity index (χ0) is 18.4. The highest BCUT2D eigenvalue weighted by Gasteiger charge is 2.15. The van der Waals surface area contributed by atoms with E-state index in [9.17, 15) is 13.2 Å². The van der Waals surface area contributed by atoms with Gasteiger partial charge in [0.05, 0.1) is 11.4 Å². The van der Waals surface area contributed by atoms with Crippen molar-refractivity contribution < 1.29 is 13.2 Å². The predicted molar refractivity (Wildman–Crippen MR) is 94.0 cm³/mol. The van der Waals surface area contributed by atoms with E-state index in [1.807, 2.05) is 24.7 Å². The van der Waals surface area contributed by atoms with Gasteiger partial charge in [-0.2, -0.15) is 0 Å². The molecule has 0 fully saturated rings. The number of aromatic nitrogens is 2. The quantitative estimate of drug-likeness (QED) is 0.768. The number of aryl methyl sites for hydroxylation is 1. The number of urea groups is 1. The van der Waals surface area contributed by atoms with Gasteiger partial charge in [0.1, 0.15) is 5.82 Å². The predicted octanol–water partition coefficient (Wildman–Crippen LogP) is 1.19. The van der Waals surface area contributed by atoms with Crippen LogP contribution >= 0.6 is 0 Å². The Hall–Kier alpha value is -2.39. The molecule has 8 nitrogen and oxygen atoms in total. The number of carbonyl (C=O) groups excluding carboxylic acids is 1. The number of nitrogens with one attached hydrogen (secondary N) is 1. The molecule has 0 aliphatic heterocycles. The van der Waals surface area contributed by atoms with Gasteiger partial charge in [-0.25, -0.2) is 23.3 Å². The fraction of sp³-hybridized carbons (Fsp3) is 0.375. The number of primary sulfonamides is 1. The van der Waals surface area contributed by atoms with Crippen molar-refractivity contribution in [3.63, 3.8) is 0 Å². The Morgan fingerprint density at radius 2 is 2.00 bits per heavy atom. The minimum absolute atomic E-state index is 0.0463. The van der Waals surface area contributed by atoms with Crippen molar-refractivity contribution in [3.8, 4) is 0 Å². The Morgan fingerprint density at radius 1 is 1.32 bits per heavy atom. The summed E-state index contributed by atoms with van der Waals surface area (Å²) in [5.41, 5.74) is 0.786. The van der Waals surface area contributed by atoms with Crippen molar-refractivity contribution in [2.24, 2.45) is 12.2 Å². The summed E-state index contributed by atoms with van der Waals surface area (Å²) in [5.74, 6) is 0.807. The summed E-state index contributed by atoms with van der Waals surface area (Å²) < 4.78 is 24.4. The van der Waals surface area contributed by atoms with Gasteiger partial charge in [-0.3, -0.25) is 0 Å². The van der Waals surface area contributed by atoms with Crippen LogP contribution in [-0.2, 0) is 30.2 Å². The lowest BCUT2D eigenvalue weighted by Crippen LogP contribution is -2.40. The molecule has 2 aromatic rings. The van der Waals surface area contributed by atoms with Crippen LogP contribution in [0, 0.1) is 0 Å². The van der Waals surface area contributed by atoms with Crippen LogP contribution in [0.3, 0.4) is 0 Å². The zero-order valence-corrected chi connectivity index (χ0v) is 15.2. The summed E-state index contributed by atoms with van der Waals surface area (Å²) in [7, 11) is -1.82. The molecule has 0 bridgehead atoms. The number of sulfonamides is 1. The van der Waals surface area contributed by atoms with Gasteiger partial charge in [0.15, 0.2) is 0 Å². The first-order valence-corrected chi connectivity index (χ1v) is 9.46. The molecule has 2 rings (SSSR count). The third kappa shape index (κ3) is 5.30. The Morgan fingerprint density at radius 3 is 2.52 bits per heavy atom. The van der Waals surface area contributed by atoms with E-state index in [1.165, 1.54) is 12.1 Å². The number of nitrogens with two attached hydrogens (primary N) is 1. The molecule has 0 saturated heterocycles. The van der Waals surface area contributed by atoms with E-state index in [-0.39, 0.29) is 10.9 Å². The molecule has 0 atom stereocenters. The molecule has 2 amide bonds. The molecular weight excluding hydrogens is 342 g/mol. The van der Waals surface area contributed by atoms with E-state index >= 15 is 0 Å². The summed E-state index contributed by atoms with van der Waals surface area (Å²) in [4.78, 5) is 18.4. The maximum Gasteiger partial charge on any atom is 0.318 e. The van der Waals surface area contributed by atoms with E-state index in [2.05, 4.69) is 10.3 Å². The Bertz CT molecular complexity index is 815. The number of rotatable bonds is 7. The van der Waals surface area contributed by atoms with Crippen LogP contribution < -0.4 is 10.5 Å². The largest absolute Gasteiger partial charge is 0.337 e. The van der Waals surface area contributed by atoms with Crippen molar-refractivity contribution in [1.82, 2.24) is 19.8 Å². The highest BCUT2D eigenvalue weighted by Crippen LogP contribution is 2.09. The van der Waals surface area contributed by atoms with E-state index < -0.39 is 10.0 Å². The van der Waals surface area contributed by atoms with Gasteiger partial charge in [-0.05, 0) is 24.1 Å². The molecule has 3 N–H and O–H groups in total. The molecule has 0 aliphatic rings. The summed E-state index contributed by atoms with van der Waals surface area (Å²) in [5, 5.41) is 7.91. The summed E-state index contributed by atoms with van der Waals surface area (Å²) in [6.45, 7) is 3.34. The number of hydrogen-bond acceptors (Lipinski definition) is 4. The van der Waals surface area contributed by atoms with Crippen molar-refractivity contribution in [2.75, 3.05) is 6.54 Å². The summed E-state index contributed by atoms with van der Waals surface area (Å²) in [6, 6.07) is 5.91. The minimum atomic E-state index is -3.71. The Kier molecular flexibility index (Phi) is 6.16. The van der Waals surface area contributed by atoms with Crippen molar-refractivity contribution in [1.29, 1.82) is 0 Å². The molecule has 0 unspecified atom stereocenters. The summed E-state index contributed by atoms with van der Waals surface area (Å²) >= 11 is 0. The second-order valence-corrected chi connectivity index (χ2v) is 7.29. The third-order valence-electron chi connectivity index (χ3n) is 3.73. The maximum atomic E-state index is 12.4. The molecule has 1 aromatic heterocycles. The van der Waals surface area contributed by atoms with Crippen molar-refractivity contribution in [2.45, 2.75) is 31.3 Å². The van der Waals surface area contributed by atoms with E-state index in [0.29, 0.717) is 19.6 Å². The second-order valence-electron chi connectivity index (χ2n) is 5.72. The van der Waals surface area contributed by atoms with E-state index in [1.54, 1.807) is 23.2 Å². The first-order valence-electron chi connectivity index (χ1n) is 7.92. The number of carbonyl (C=O) groups is 1. The minimum Gasteiger partial charge on any atom is -0.337 e. The molecule has 0 aliphatic carbocycles. The van der Waals surface area contributed by atoms with Crippen LogP contribution in [0.5, 0.6) is 0 Å². The number of benzene rings is 1. The highest BCUT2D eigenvalue weighted by molar-refractivity contribution is 7.89. The average molecular weight is 365 g/mol. The molecule has 1 aromatic carbocycles. The molecule has 136 valence electrons. The second kappa shape index (κ2) is 8.13. The van der Waals surface area contributed by atoms with E-state index in [4.69, 9.17) is 5.14 Å². The van der Waals surface area contributed by atoms with Gasteiger partial charge in [0.25, 0.3) is 0 Å². The van der Waals surface area contributed by atoms with Crippen LogP contribution in [0.25, 0.3) is 0 Å². The monoisotopic (exact) mass is 365 g/mol. The molecular formula is C16H23N5O3S. The standard InChI is InChI=1S/C16H23N5O3S/c1-3-9-21(12-15-18-8-10-20(15)2)16(22)19-11-13-4-6-14(7-5-13)25(17,23)24/h4-8,10H,3,9,11-12H2,1-2H3,(H,19,22)(H2,17,23,24). The Labute approximate surface area is 147 Å². The fourth-order valence-electron chi connectivity index (χ4n) is 2.33. The van der Waals surface area contributed by atoms with Crippen molar-refractivity contribution >= 4 is 16.1 Å². The molecule has 25 heavy (non-hydrogen) atoms. The molecule has 0 spiro atoms. The van der Waals surface area contributed by atoms with Gasteiger partial charge < -0.3 is 14.8 Å². The zero-order valence-electron chi connectivity index (χ0n) is 14.3. The first kappa shape index (κ1) is 18.9. The van der Waals surface area contributed by atoms with E-state index in [0.717, 1.165) is 17.8 Å².